The summed E-state index contributed by atoms with van der Waals surface area (Å²) in [6.07, 6.45) is -4.58. The Morgan fingerprint density at radius 3 is 1.91 bits per heavy atom. The summed E-state index contributed by atoms with van der Waals surface area (Å²) in [7, 11) is 0. The van der Waals surface area contributed by atoms with Gasteiger partial charge in [-0.3, -0.25) is 4.79 Å². The molecule has 4 N–H and O–H groups in total. The third-order valence-corrected chi connectivity index (χ3v) is 1.00. The van der Waals surface area contributed by atoms with Crippen LogP contribution in [0.15, 0.2) is 0 Å². The second-order valence-electron chi connectivity index (χ2n) is 1.95. The van der Waals surface area contributed by atoms with E-state index < -0.39 is 30.6 Å². The first kappa shape index (κ1) is 9.86. The monoisotopic (exact) mass is 164 g/mol. The quantitative estimate of drug-likeness (QED) is 0.392. The van der Waals surface area contributed by atoms with Gasteiger partial charge in [0.1, 0.15) is 6.10 Å². The van der Waals surface area contributed by atoms with Gasteiger partial charge in [-0.15, -0.1) is 0 Å². The zero-order valence-corrected chi connectivity index (χ0v) is 5.47. The predicted octanol–water partition coefficient (Wildman–Crippen LogP) is -1.73. The maximum absolute atomic E-state index is 9.92. The summed E-state index contributed by atoms with van der Waals surface area (Å²) in [5, 5.41) is 33.3. The third kappa shape index (κ3) is 3.54. The van der Waals surface area contributed by atoms with Crippen LogP contribution in [0.5, 0.6) is 0 Å². The highest BCUT2D eigenvalue weighted by molar-refractivity contribution is 5.75. The van der Waals surface area contributed by atoms with Crippen molar-refractivity contribution in [3.05, 3.63) is 0 Å². The van der Waals surface area contributed by atoms with E-state index in [-0.39, 0.29) is 0 Å². The molecule has 0 bridgehead atoms. The fourth-order valence-electron chi connectivity index (χ4n) is 0.455. The molecule has 2 atom stereocenters. The van der Waals surface area contributed by atoms with E-state index in [2.05, 4.69) is 0 Å². The number of aliphatic carboxylic acids is 2. The highest BCUT2D eigenvalue weighted by atomic mass is 16.4. The number of hydrogen-bond acceptors (Lipinski definition) is 4. The summed E-state index contributed by atoms with van der Waals surface area (Å²) in [5.41, 5.74) is 0. The average molecular weight is 164 g/mol. The average Bonchev–Trinajstić information content (AvgIpc) is 1.84. The van der Waals surface area contributed by atoms with E-state index in [0.717, 1.165) is 0 Å². The lowest BCUT2D eigenvalue weighted by atomic mass is 10.1. The Kier molecular flexibility index (Phi) is 3.49. The molecule has 0 saturated carbocycles. The Labute approximate surface area is 61.7 Å². The Morgan fingerprint density at radius 2 is 1.64 bits per heavy atom. The van der Waals surface area contributed by atoms with Crippen LogP contribution in [-0.4, -0.2) is 44.6 Å². The molecular formula is C5H8O6. The van der Waals surface area contributed by atoms with Crippen LogP contribution in [0.1, 0.15) is 6.42 Å². The zero-order chi connectivity index (χ0) is 9.02. The summed E-state index contributed by atoms with van der Waals surface area (Å²) in [4.78, 5) is 19.8. The maximum Gasteiger partial charge on any atom is 0.335 e. The van der Waals surface area contributed by atoms with E-state index in [0.29, 0.717) is 0 Å². The van der Waals surface area contributed by atoms with Gasteiger partial charge in [-0.1, -0.05) is 0 Å². The predicted molar refractivity (Wildman–Crippen MR) is 31.9 cm³/mol. The van der Waals surface area contributed by atoms with Crippen LogP contribution in [0.2, 0.25) is 0 Å². The molecule has 6 heteroatoms. The van der Waals surface area contributed by atoms with Crippen LogP contribution in [0.4, 0.5) is 0 Å². The molecule has 0 aliphatic heterocycles. The van der Waals surface area contributed by atoms with Crippen molar-refractivity contribution >= 4 is 11.9 Å². The molecule has 0 aromatic rings. The van der Waals surface area contributed by atoms with E-state index in [4.69, 9.17) is 20.4 Å². The Balaban J connectivity index is 3.92. The number of carbonyl (C=O) groups is 2. The third-order valence-electron chi connectivity index (χ3n) is 1.00. The van der Waals surface area contributed by atoms with Crippen molar-refractivity contribution in [2.75, 3.05) is 0 Å². The maximum atomic E-state index is 9.92. The van der Waals surface area contributed by atoms with Crippen LogP contribution in [-0.2, 0) is 9.59 Å². The summed E-state index contributed by atoms with van der Waals surface area (Å²) in [5.74, 6) is -3.00. The van der Waals surface area contributed by atoms with Crippen molar-refractivity contribution in [1.82, 2.24) is 0 Å². The van der Waals surface area contributed by atoms with Crippen molar-refractivity contribution in [2.45, 2.75) is 18.6 Å². The van der Waals surface area contributed by atoms with Crippen molar-refractivity contribution < 1.29 is 30.0 Å². The molecule has 0 aliphatic rings. The summed E-state index contributed by atoms with van der Waals surface area (Å²) >= 11 is 0. The van der Waals surface area contributed by atoms with Gasteiger partial charge >= 0.3 is 11.9 Å². The Morgan fingerprint density at radius 1 is 1.18 bits per heavy atom. The second-order valence-corrected chi connectivity index (χ2v) is 1.95. The fraction of sp³-hybridized carbons (Fsp3) is 0.600. The van der Waals surface area contributed by atoms with Crippen LogP contribution in [0.25, 0.3) is 0 Å². The zero-order valence-electron chi connectivity index (χ0n) is 5.47. The molecule has 0 saturated heterocycles. The minimum Gasteiger partial charge on any atom is -0.481 e. The van der Waals surface area contributed by atoms with Gasteiger partial charge < -0.3 is 20.4 Å². The van der Waals surface area contributed by atoms with Gasteiger partial charge in [0, 0.05) is 0 Å². The van der Waals surface area contributed by atoms with Crippen molar-refractivity contribution in [1.29, 1.82) is 0 Å². The molecule has 0 aromatic heterocycles. The molecule has 0 rings (SSSR count). The van der Waals surface area contributed by atoms with Gasteiger partial charge in [0.2, 0.25) is 0 Å². The van der Waals surface area contributed by atoms with Crippen LogP contribution in [0.3, 0.4) is 0 Å². The van der Waals surface area contributed by atoms with Crippen molar-refractivity contribution in [3.8, 4) is 0 Å². The number of rotatable bonds is 4. The highest BCUT2D eigenvalue weighted by Crippen LogP contribution is 1.98. The smallest absolute Gasteiger partial charge is 0.335 e. The first-order valence-electron chi connectivity index (χ1n) is 2.76. The topological polar surface area (TPSA) is 115 Å². The van der Waals surface area contributed by atoms with E-state index in [1.54, 1.807) is 0 Å². The number of carboxylic acids is 2. The molecule has 0 aliphatic carbocycles. The number of aliphatic hydroxyl groups excluding tert-OH is 2. The molecule has 0 fully saturated rings. The van der Waals surface area contributed by atoms with Crippen LogP contribution >= 0.6 is 0 Å². The van der Waals surface area contributed by atoms with Gasteiger partial charge in [-0.25, -0.2) is 4.79 Å². The Hall–Kier alpha value is -1.14. The molecule has 0 radical (unpaired) electrons. The SMILES string of the molecule is O=C(O)C[C@H](O)[C@@H](O)C(=O)O. The second kappa shape index (κ2) is 3.89. The molecule has 0 unspecified atom stereocenters. The van der Waals surface area contributed by atoms with Crippen molar-refractivity contribution in [3.63, 3.8) is 0 Å². The van der Waals surface area contributed by atoms with E-state index >= 15 is 0 Å². The number of aliphatic hydroxyl groups is 2. The lowest BCUT2D eigenvalue weighted by Crippen LogP contribution is -2.35. The molecule has 0 amide bonds. The minimum atomic E-state index is -2.04. The number of carboxylic acid groups (broad SMARTS) is 2. The summed E-state index contributed by atoms with van der Waals surface area (Å²) < 4.78 is 0. The van der Waals surface area contributed by atoms with E-state index in [1.165, 1.54) is 0 Å². The standard InChI is InChI=1S/C5H8O6/c6-2(1-3(7)8)4(9)5(10)11/h2,4,6,9H,1H2,(H,7,8)(H,10,11)/t2-,4+/m0/s1. The minimum absolute atomic E-state index is 0.784. The van der Waals surface area contributed by atoms with E-state index in [1.807, 2.05) is 0 Å². The lowest BCUT2D eigenvalue weighted by molar-refractivity contribution is -0.155. The van der Waals surface area contributed by atoms with Gasteiger partial charge in [0.15, 0.2) is 6.10 Å². The van der Waals surface area contributed by atoms with Gasteiger partial charge in [-0.05, 0) is 0 Å². The van der Waals surface area contributed by atoms with E-state index in [9.17, 15) is 9.59 Å². The van der Waals surface area contributed by atoms with Crippen LogP contribution in [0, 0.1) is 0 Å². The number of hydrogen-bond donors (Lipinski definition) is 4. The first-order chi connectivity index (χ1) is 4.95. The van der Waals surface area contributed by atoms with Gasteiger partial charge in [-0.2, -0.15) is 0 Å². The lowest BCUT2D eigenvalue weighted by Gasteiger charge is -2.10. The van der Waals surface area contributed by atoms with Gasteiger partial charge in [0.25, 0.3) is 0 Å². The molecular weight excluding hydrogens is 156 g/mol. The molecule has 0 heterocycles. The molecule has 64 valence electrons. The Bertz CT molecular complexity index is 164. The van der Waals surface area contributed by atoms with Crippen molar-refractivity contribution in [2.24, 2.45) is 0 Å². The normalized spacial score (nSPS) is 15.5. The molecule has 6 nitrogen and oxygen atoms in total. The largest absolute Gasteiger partial charge is 0.481 e. The highest BCUT2D eigenvalue weighted by Gasteiger charge is 2.25. The summed E-state index contributed by atoms with van der Waals surface area (Å²) in [6.45, 7) is 0. The molecule has 11 heavy (non-hydrogen) atoms. The first-order valence-corrected chi connectivity index (χ1v) is 2.76. The fourth-order valence-corrected chi connectivity index (χ4v) is 0.455. The summed E-state index contributed by atoms with van der Waals surface area (Å²) in [6, 6.07) is 0. The van der Waals surface area contributed by atoms with Crippen LogP contribution < -0.4 is 0 Å². The molecule has 0 aromatic carbocycles. The van der Waals surface area contributed by atoms with Gasteiger partial charge in [0.05, 0.1) is 6.42 Å². The molecule has 0 spiro atoms.